The van der Waals surface area contributed by atoms with Crippen LogP contribution in [0.3, 0.4) is 0 Å². The summed E-state index contributed by atoms with van der Waals surface area (Å²) in [4.78, 5) is 26.2. The van der Waals surface area contributed by atoms with Crippen molar-refractivity contribution in [2.45, 2.75) is 38.1 Å². The van der Waals surface area contributed by atoms with Crippen LogP contribution in [0.2, 0.25) is 0 Å². The number of aliphatic hydroxyl groups excluding tert-OH is 1. The van der Waals surface area contributed by atoms with Gasteiger partial charge in [0.25, 0.3) is 0 Å². The van der Waals surface area contributed by atoms with Crippen molar-refractivity contribution in [2.24, 2.45) is 0 Å². The molecule has 1 fully saturated rings. The largest absolute Gasteiger partial charge is 0.395 e. The van der Waals surface area contributed by atoms with Gasteiger partial charge in [0.15, 0.2) is 5.78 Å². The summed E-state index contributed by atoms with van der Waals surface area (Å²) in [6, 6.07) is 9.32. The van der Waals surface area contributed by atoms with Crippen LogP contribution in [0.1, 0.15) is 42.5 Å². The van der Waals surface area contributed by atoms with Crippen molar-refractivity contribution in [1.82, 2.24) is 10.2 Å². The summed E-state index contributed by atoms with van der Waals surface area (Å²) in [5.41, 5.74) is 0.604. The van der Waals surface area contributed by atoms with Crippen LogP contribution in [0.4, 0.5) is 0 Å². The lowest BCUT2D eigenvalue weighted by molar-refractivity contribution is -0.123. The van der Waals surface area contributed by atoms with Crippen LogP contribution >= 0.6 is 0 Å². The van der Waals surface area contributed by atoms with Gasteiger partial charge in [0.2, 0.25) is 5.91 Å². The molecule has 0 aliphatic heterocycles. The number of rotatable bonds is 8. The van der Waals surface area contributed by atoms with Crippen LogP contribution in [0.5, 0.6) is 0 Å². The zero-order chi connectivity index (χ0) is 16.5. The highest BCUT2D eigenvalue weighted by atomic mass is 16.3. The molecule has 1 aliphatic carbocycles. The minimum atomic E-state index is -0.159. The maximum atomic E-state index is 12.1. The predicted molar refractivity (Wildman–Crippen MR) is 89.3 cm³/mol. The Balaban J connectivity index is 1.80. The summed E-state index contributed by atoms with van der Waals surface area (Å²) in [5.74, 6) is -0.251. The molecule has 126 valence electrons. The first-order valence-electron chi connectivity index (χ1n) is 8.40. The molecule has 0 saturated heterocycles. The van der Waals surface area contributed by atoms with E-state index in [4.69, 9.17) is 0 Å². The minimum Gasteiger partial charge on any atom is -0.395 e. The van der Waals surface area contributed by atoms with Crippen LogP contribution in [-0.2, 0) is 4.79 Å². The van der Waals surface area contributed by atoms with E-state index in [1.54, 1.807) is 24.3 Å². The number of ketones is 1. The van der Waals surface area contributed by atoms with Crippen molar-refractivity contribution in [2.75, 3.05) is 26.2 Å². The summed E-state index contributed by atoms with van der Waals surface area (Å²) in [7, 11) is 0. The normalized spacial score (nSPS) is 15.6. The number of benzene rings is 1. The number of amides is 1. The smallest absolute Gasteiger partial charge is 0.234 e. The molecule has 1 aliphatic rings. The molecule has 0 aromatic heterocycles. The van der Waals surface area contributed by atoms with Crippen molar-refractivity contribution < 1.29 is 14.7 Å². The van der Waals surface area contributed by atoms with E-state index in [2.05, 4.69) is 5.32 Å². The maximum Gasteiger partial charge on any atom is 0.234 e. The second-order valence-corrected chi connectivity index (χ2v) is 6.05. The lowest BCUT2D eigenvalue weighted by Gasteiger charge is -2.33. The molecule has 0 unspecified atom stereocenters. The van der Waals surface area contributed by atoms with E-state index in [1.165, 1.54) is 19.3 Å². The molecule has 2 rings (SSSR count). The molecule has 0 atom stereocenters. The van der Waals surface area contributed by atoms with Gasteiger partial charge in [-0.3, -0.25) is 14.5 Å². The molecule has 5 heteroatoms. The molecular formula is C18H26N2O3. The molecule has 0 bridgehead atoms. The monoisotopic (exact) mass is 318 g/mol. The van der Waals surface area contributed by atoms with Gasteiger partial charge in [-0.25, -0.2) is 0 Å². The molecule has 1 amide bonds. The predicted octanol–water partition coefficient (Wildman–Crippen LogP) is 1.61. The van der Waals surface area contributed by atoms with Gasteiger partial charge in [-0.15, -0.1) is 0 Å². The third-order valence-electron chi connectivity index (χ3n) is 4.37. The summed E-state index contributed by atoms with van der Waals surface area (Å²) < 4.78 is 0. The Bertz CT molecular complexity index is 498. The summed E-state index contributed by atoms with van der Waals surface area (Å²) in [6.07, 6.45) is 5.77. The standard InChI is InChI=1S/C18H26N2O3/c21-12-11-20(16-9-5-2-6-10-16)14-18(23)19-13-17(22)15-7-3-1-4-8-15/h1,3-4,7-8,16,21H,2,5-6,9-14H2,(H,19,23). The fourth-order valence-corrected chi connectivity index (χ4v) is 3.11. The van der Waals surface area contributed by atoms with Crippen molar-refractivity contribution in [1.29, 1.82) is 0 Å². The van der Waals surface area contributed by atoms with E-state index in [1.807, 2.05) is 11.0 Å². The van der Waals surface area contributed by atoms with Crippen LogP contribution in [0.25, 0.3) is 0 Å². The molecule has 1 saturated carbocycles. The average molecular weight is 318 g/mol. The molecule has 0 spiro atoms. The summed E-state index contributed by atoms with van der Waals surface area (Å²) in [5, 5.41) is 11.9. The van der Waals surface area contributed by atoms with Crippen LogP contribution < -0.4 is 5.32 Å². The second-order valence-electron chi connectivity index (χ2n) is 6.05. The SMILES string of the molecule is O=C(CN(CCO)C1CCCCC1)NCC(=O)c1ccccc1. The van der Waals surface area contributed by atoms with Gasteiger partial charge in [-0.05, 0) is 12.8 Å². The number of carbonyl (C=O) groups is 2. The fourth-order valence-electron chi connectivity index (χ4n) is 3.11. The first-order valence-corrected chi connectivity index (χ1v) is 8.40. The average Bonchev–Trinajstić information content (AvgIpc) is 2.61. The topological polar surface area (TPSA) is 69.6 Å². The number of Topliss-reactive ketones (excluding diaryl/α,β-unsaturated/α-hetero) is 1. The highest BCUT2D eigenvalue weighted by molar-refractivity contribution is 5.99. The van der Waals surface area contributed by atoms with Crippen molar-refractivity contribution in [3.63, 3.8) is 0 Å². The maximum absolute atomic E-state index is 12.1. The van der Waals surface area contributed by atoms with E-state index in [0.717, 1.165) is 12.8 Å². The van der Waals surface area contributed by atoms with Crippen LogP contribution in [-0.4, -0.2) is 54.0 Å². The number of hydrogen-bond acceptors (Lipinski definition) is 4. The van der Waals surface area contributed by atoms with E-state index in [0.29, 0.717) is 18.2 Å². The van der Waals surface area contributed by atoms with Crippen molar-refractivity contribution in [3.8, 4) is 0 Å². The second kappa shape index (κ2) is 9.43. The first kappa shape index (κ1) is 17.6. The number of carbonyl (C=O) groups excluding carboxylic acids is 2. The Morgan fingerprint density at radius 3 is 2.48 bits per heavy atom. The molecule has 2 N–H and O–H groups in total. The zero-order valence-corrected chi connectivity index (χ0v) is 13.5. The minimum absolute atomic E-state index is 0.0144. The van der Waals surface area contributed by atoms with Gasteiger partial charge >= 0.3 is 0 Å². The van der Waals surface area contributed by atoms with E-state index in [-0.39, 0.29) is 31.4 Å². The van der Waals surface area contributed by atoms with E-state index in [9.17, 15) is 14.7 Å². The Labute approximate surface area is 137 Å². The van der Waals surface area contributed by atoms with Crippen LogP contribution in [0, 0.1) is 0 Å². The van der Waals surface area contributed by atoms with Gasteiger partial charge in [-0.1, -0.05) is 49.6 Å². The Morgan fingerprint density at radius 1 is 1.13 bits per heavy atom. The van der Waals surface area contributed by atoms with Crippen molar-refractivity contribution in [3.05, 3.63) is 35.9 Å². The van der Waals surface area contributed by atoms with Gasteiger partial charge in [0, 0.05) is 18.2 Å². The van der Waals surface area contributed by atoms with E-state index < -0.39 is 0 Å². The van der Waals surface area contributed by atoms with Gasteiger partial charge in [0.1, 0.15) is 0 Å². The summed E-state index contributed by atoms with van der Waals surface area (Å²) in [6.45, 7) is 0.811. The molecule has 5 nitrogen and oxygen atoms in total. The van der Waals surface area contributed by atoms with Gasteiger partial charge in [0.05, 0.1) is 19.7 Å². The number of nitrogens with one attached hydrogen (secondary N) is 1. The van der Waals surface area contributed by atoms with Gasteiger partial charge in [-0.2, -0.15) is 0 Å². The molecule has 0 heterocycles. The number of hydrogen-bond donors (Lipinski definition) is 2. The molecule has 23 heavy (non-hydrogen) atoms. The van der Waals surface area contributed by atoms with E-state index >= 15 is 0 Å². The molecule has 0 radical (unpaired) electrons. The Morgan fingerprint density at radius 2 is 1.83 bits per heavy atom. The lowest BCUT2D eigenvalue weighted by atomic mass is 9.94. The third kappa shape index (κ3) is 5.77. The highest BCUT2D eigenvalue weighted by Crippen LogP contribution is 2.22. The quantitative estimate of drug-likeness (QED) is 0.715. The summed E-state index contributed by atoms with van der Waals surface area (Å²) >= 11 is 0. The highest BCUT2D eigenvalue weighted by Gasteiger charge is 2.22. The molecule has 1 aromatic rings. The lowest BCUT2D eigenvalue weighted by Crippen LogP contribution is -2.45. The first-order chi connectivity index (χ1) is 11.2. The van der Waals surface area contributed by atoms with Crippen LogP contribution in [0.15, 0.2) is 30.3 Å². The van der Waals surface area contributed by atoms with Crippen molar-refractivity contribution >= 4 is 11.7 Å². The molecular weight excluding hydrogens is 292 g/mol. The fraction of sp³-hybridized carbons (Fsp3) is 0.556. The molecule has 1 aromatic carbocycles. The Hall–Kier alpha value is -1.72. The Kier molecular flexibility index (Phi) is 7.23. The zero-order valence-electron chi connectivity index (χ0n) is 13.5. The number of aliphatic hydroxyl groups is 1. The number of nitrogens with zero attached hydrogens (tertiary/aromatic N) is 1. The van der Waals surface area contributed by atoms with Gasteiger partial charge < -0.3 is 10.4 Å². The third-order valence-corrected chi connectivity index (χ3v) is 4.37.